The van der Waals surface area contributed by atoms with E-state index in [4.69, 9.17) is 4.74 Å². The summed E-state index contributed by atoms with van der Waals surface area (Å²) in [4.78, 5) is 22.4. The minimum absolute atomic E-state index is 0.0774. The average Bonchev–Trinajstić information content (AvgIpc) is 2.44. The van der Waals surface area contributed by atoms with Crippen LogP contribution in [0.2, 0.25) is 0 Å². The third-order valence-electron chi connectivity index (χ3n) is 2.86. The molecule has 0 aliphatic rings. The first kappa shape index (κ1) is 15.9. The van der Waals surface area contributed by atoms with Crippen molar-refractivity contribution < 1.29 is 14.5 Å². The van der Waals surface area contributed by atoms with Crippen LogP contribution >= 0.6 is 0 Å². The van der Waals surface area contributed by atoms with Gasteiger partial charge in [-0.3, -0.25) is 14.9 Å². The van der Waals surface area contributed by atoms with Crippen LogP contribution in [-0.4, -0.2) is 37.6 Å². The zero-order chi connectivity index (χ0) is 15.1. The van der Waals surface area contributed by atoms with Gasteiger partial charge >= 0.3 is 0 Å². The van der Waals surface area contributed by atoms with Crippen molar-refractivity contribution in [3.63, 3.8) is 0 Å². The molecule has 1 aromatic carbocycles. The molecule has 1 aromatic rings. The lowest BCUT2D eigenvalue weighted by Gasteiger charge is -2.15. The molecule has 0 aromatic heterocycles. The Bertz CT molecular complexity index is 491. The molecule has 0 fully saturated rings. The SMILES string of the molecule is CNc1ccc([N+](=O)[O-])cc1C(=O)NC(C)CCOC. The zero-order valence-corrected chi connectivity index (χ0v) is 11.8. The van der Waals surface area contributed by atoms with Crippen LogP contribution in [0.25, 0.3) is 0 Å². The Hall–Kier alpha value is -2.15. The number of carbonyl (C=O) groups is 1. The topological polar surface area (TPSA) is 93.5 Å². The van der Waals surface area contributed by atoms with Crippen molar-refractivity contribution in [1.82, 2.24) is 5.32 Å². The summed E-state index contributed by atoms with van der Waals surface area (Å²) < 4.78 is 4.94. The van der Waals surface area contributed by atoms with Crippen molar-refractivity contribution in [3.8, 4) is 0 Å². The van der Waals surface area contributed by atoms with Crippen LogP contribution in [0.1, 0.15) is 23.7 Å². The van der Waals surface area contributed by atoms with Crippen LogP contribution in [0.5, 0.6) is 0 Å². The van der Waals surface area contributed by atoms with Gasteiger partial charge in [-0.1, -0.05) is 0 Å². The molecule has 0 saturated carbocycles. The average molecular weight is 281 g/mol. The Morgan fingerprint density at radius 2 is 2.20 bits per heavy atom. The molecule has 1 amide bonds. The van der Waals surface area contributed by atoms with E-state index in [0.29, 0.717) is 18.7 Å². The molecule has 0 radical (unpaired) electrons. The molecule has 2 N–H and O–H groups in total. The van der Waals surface area contributed by atoms with Crippen LogP contribution in [-0.2, 0) is 4.74 Å². The van der Waals surface area contributed by atoms with Gasteiger partial charge in [-0.25, -0.2) is 0 Å². The molecule has 1 unspecified atom stereocenters. The third-order valence-corrected chi connectivity index (χ3v) is 2.86. The number of anilines is 1. The number of benzene rings is 1. The molecule has 7 heteroatoms. The van der Waals surface area contributed by atoms with Gasteiger partial charge < -0.3 is 15.4 Å². The molecule has 1 atom stereocenters. The van der Waals surface area contributed by atoms with E-state index in [1.165, 1.54) is 18.2 Å². The van der Waals surface area contributed by atoms with E-state index >= 15 is 0 Å². The van der Waals surface area contributed by atoms with Gasteiger partial charge in [0.2, 0.25) is 0 Å². The smallest absolute Gasteiger partial charge is 0.270 e. The summed E-state index contributed by atoms with van der Waals surface area (Å²) in [5.74, 6) is -0.346. The quantitative estimate of drug-likeness (QED) is 0.587. The largest absolute Gasteiger partial charge is 0.387 e. The molecular formula is C13H19N3O4. The number of nitro groups is 1. The molecule has 0 heterocycles. The maximum absolute atomic E-state index is 12.2. The van der Waals surface area contributed by atoms with Crippen molar-refractivity contribution in [2.24, 2.45) is 0 Å². The van der Waals surface area contributed by atoms with E-state index in [9.17, 15) is 14.9 Å². The van der Waals surface area contributed by atoms with Crippen molar-refractivity contribution in [1.29, 1.82) is 0 Å². The van der Waals surface area contributed by atoms with Crippen molar-refractivity contribution in [2.75, 3.05) is 26.1 Å². The fraction of sp³-hybridized carbons (Fsp3) is 0.462. The summed E-state index contributed by atoms with van der Waals surface area (Å²) in [6.45, 7) is 2.39. The second kappa shape index (κ2) is 7.44. The molecule has 1 rings (SSSR count). The van der Waals surface area contributed by atoms with Crippen LogP contribution in [0, 0.1) is 10.1 Å². The summed E-state index contributed by atoms with van der Waals surface area (Å²) in [6.07, 6.45) is 0.673. The van der Waals surface area contributed by atoms with E-state index in [1.54, 1.807) is 14.2 Å². The summed E-state index contributed by atoms with van der Waals surface area (Å²) in [7, 11) is 3.25. The van der Waals surface area contributed by atoms with Gasteiger partial charge in [0.1, 0.15) is 0 Å². The number of methoxy groups -OCH3 is 1. The molecule has 0 saturated heterocycles. The highest BCUT2D eigenvalue weighted by Crippen LogP contribution is 2.21. The van der Waals surface area contributed by atoms with E-state index in [1.807, 2.05) is 6.92 Å². The van der Waals surface area contributed by atoms with Gasteiger partial charge in [0.25, 0.3) is 11.6 Å². The lowest BCUT2D eigenvalue weighted by Crippen LogP contribution is -2.33. The Labute approximate surface area is 117 Å². The Balaban J connectivity index is 2.89. The lowest BCUT2D eigenvalue weighted by molar-refractivity contribution is -0.384. The van der Waals surface area contributed by atoms with Gasteiger partial charge in [-0.05, 0) is 19.4 Å². The van der Waals surface area contributed by atoms with Crippen molar-refractivity contribution in [3.05, 3.63) is 33.9 Å². The van der Waals surface area contributed by atoms with Gasteiger partial charge in [-0.15, -0.1) is 0 Å². The predicted octanol–water partition coefficient (Wildman–Crippen LogP) is 1.79. The number of amides is 1. The highest BCUT2D eigenvalue weighted by atomic mass is 16.6. The minimum Gasteiger partial charge on any atom is -0.387 e. The number of non-ortho nitro benzene ring substituents is 1. The summed E-state index contributed by atoms with van der Waals surface area (Å²) in [5.41, 5.74) is 0.691. The van der Waals surface area contributed by atoms with E-state index < -0.39 is 4.92 Å². The number of hydrogen-bond acceptors (Lipinski definition) is 5. The van der Waals surface area contributed by atoms with Crippen LogP contribution in [0.3, 0.4) is 0 Å². The van der Waals surface area contributed by atoms with Crippen LogP contribution in [0.15, 0.2) is 18.2 Å². The summed E-state index contributed by atoms with van der Waals surface area (Å²) in [5, 5.41) is 16.4. The maximum atomic E-state index is 12.2. The first-order chi connectivity index (χ1) is 9.49. The molecule has 7 nitrogen and oxygen atoms in total. The normalized spacial score (nSPS) is 11.8. The zero-order valence-electron chi connectivity index (χ0n) is 11.8. The van der Waals surface area contributed by atoms with Gasteiger partial charge in [0.15, 0.2) is 0 Å². The first-order valence-electron chi connectivity index (χ1n) is 6.25. The monoisotopic (exact) mass is 281 g/mol. The fourth-order valence-corrected chi connectivity index (χ4v) is 1.72. The van der Waals surface area contributed by atoms with Crippen LogP contribution in [0.4, 0.5) is 11.4 Å². The fourth-order valence-electron chi connectivity index (χ4n) is 1.72. The van der Waals surface area contributed by atoms with Crippen molar-refractivity contribution >= 4 is 17.3 Å². The Morgan fingerprint density at radius 1 is 1.50 bits per heavy atom. The highest BCUT2D eigenvalue weighted by molar-refractivity contribution is 6.00. The van der Waals surface area contributed by atoms with E-state index in [2.05, 4.69) is 10.6 Å². The molecule has 0 aliphatic carbocycles. The van der Waals surface area contributed by atoms with E-state index in [0.717, 1.165) is 0 Å². The van der Waals surface area contributed by atoms with E-state index in [-0.39, 0.29) is 23.2 Å². The molecule has 20 heavy (non-hydrogen) atoms. The standard InChI is InChI=1S/C13H19N3O4/c1-9(6-7-20-3)15-13(17)11-8-10(16(18)19)4-5-12(11)14-2/h4-5,8-9,14H,6-7H2,1-3H3,(H,15,17). The molecule has 0 bridgehead atoms. The van der Waals surface area contributed by atoms with Gasteiger partial charge in [0.05, 0.1) is 10.5 Å². The predicted molar refractivity (Wildman–Crippen MR) is 76.1 cm³/mol. The third kappa shape index (κ3) is 4.20. The number of hydrogen-bond donors (Lipinski definition) is 2. The summed E-state index contributed by atoms with van der Waals surface area (Å²) >= 11 is 0. The molecule has 110 valence electrons. The number of nitrogens with zero attached hydrogens (tertiary/aromatic N) is 1. The number of carbonyl (C=O) groups excluding carboxylic acids is 1. The Morgan fingerprint density at radius 3 is 2.75 bits per heavy atom. The van der Waals surface area contributed by atoms with Gasteiger partial charge in [0, 0.05) is 44.6 Å². The van der Waals surface area contributed by atoms with Crippen molar-refractivity contribution in [2.45, 2.75) is 19.4 Å². The molecule has 0 spiro atoms. The Kier molecular flexibility index (Phi) is 5.92. The number of nitrogens with one attached hydrogen (secondary N) is 2. The summed E-state index contributed by atoms with van der Waals surface area (Å²) in [6, 6.07) is 4.07. The lowest BCUT2D eigenvalue weighted by atomic mass is 10.1. The molecular weight excluding hydrogens is 262 g/mol. The number of rotatable bonds is 7. The minimum atomic E-state index is -0.523. The second-order valence-electron chi connectivity index (χ2n) is 4.39. The number of nitro benzene ring substituents is 1. The first-order valence-corrected chi connectivity index (χ1v) is 6.25. The number of ether oxygens (including phenoxy) is 1. The maximum Gasteiger partial charge on any atom is 0.270 e. The van der Waals surface area contributed by atoms with Crippen LogP contribution < -0.4 is 10.6 Å². The molecule has 0 aliphatic heterocycles. The second-order valence-corrected chi connectivity index (χ2v) is 4.39. The van der Waals surface area contributed by atoms with Gasteiger partial charge in [-0.2, -0.15) is 0 Å². The highest BCUT2D eigenvalue weighted by Gasteiger charge is 2.17.